The zero-order valence-corrected chi connectivity index (χ0v) is 11.8. The summed E-state index contributed by atoms with van der Waals surface area (Å²) in [6, 6.07) is 0. The van der Waals surface area contributed by atoms with Gasteiger partial charge in [0.25, 0.3) is 0 Å². The van der Waals surface area contributed by atoms with Crippen LogP contribution in [-0.4, -0.2) is 55.2 Å². The predicted octanol–water partition coefficient (Wildman–Crippen LogP) is 1.22. The Bertz CT molecular complexity index is 418. The first kappa shape index (κ1) is 12.9. The first-order chi connectivity index (χ1) is 9.34. The lowest BCUT2D eigenvalue weighted by molar-refractivity contribution is -0.139. The normalized spacial score (nSPS) is 24.5. The molecule has 104 valence electrons. The van der Waals surface area contributed by atoms with Crippen molar-refractivity contribution in [2.45, 2.75) is 12.8 Å². The third kappa shape index (κ3) is 2.90. The van der Waals surface area contributed by atoms with Gasteiger partial charge in [0.2, 0.25) is 5.91 Å². The van der Waals surface area contributed by atoms with Gasteiger partial charge in [-0.05, 0) is 12.8 Å². The minimum Gasteiger partial charge on any atom is -0.378 e. The number of morpholine rings is 1. The zero-order chi connectivity index (χ0) is 13.1. The number of piperidine rings is 1. The van der Waals surface area contributed by atoms with Crippen LogP contribution in [0, 0.1) is 5.92 Å². The molecule has 0 saturated carbocycles. The summed E-state index contributed by atoms with van der Waals surface area (Å²) in [6.07, 6.45) is 3.89. The largest absolute Gasteiger partial charge is 0.378 e. The molecule has 1 aromatic heterocycles. The highest BCUT2D eigenvalue weighted by Crippen LogP contribution is 2.26. The number of anilines is 1. The van der Waals surface area contributed by atoms with Gasteiger partial charge < -0.3 is 14.5 Å². The maximum atomic E-state index is 12.5. The summed E-state index contributed by atoms with van der Waals surface area (Å²) in [5.74, 6) is 0.417. The number of thiazole rings is 1. The Morgan fingerprint density at radius 3 is 2.95 bits per heavy atom. The van der Waals surface area contributed by atoms with Gasteiger partial charge in [0.1, 0.15) is 0 Å². The average molecular weight is 281 g/mol. The van der Waals surface area contributed by atoms with E-state index in [-0.39, 0.29) is 5.92 Å². The Balaban J connectivity index is 1.62. The highest BCUT2D eigenvalue weighted by atomic mass is 32.1. The second-order valence-electron chi connectivity index (χ2n) is 5.04. The van der Waals surface area contributed by atoms with Gasteiger partial charge in [0, 0.05) is 37.8 Å². The molecule has 0 bridgehead atoms. The number of rotatable bonds is 2. The first-order valence-corrected chi connectivity index (χ1v) is 7.73. The van der Waals surface area contributed by atoms with E-state index in [0.29, 0.717) is 19.1 Å². The topological polar surface area (TPSA) is 45.7 Å². The number of carbonyl (C=O) groups is 1. The molecule has 2 fully saturated rings. The van der Waals surface area contributed by atoms with Crippen LogP contribution in [0.15, 0.2) is 11.6 Å². The fourth-order valence-corrected chi connectivity index (χ4v) is 3.45. The Hall–Kier alpha value is -1.14. The Labute approximate surface area is 117 Å². The SMILES string of the molecule is O=C(C1CCCN(c2nccs2)C1)N1CCOCC1. The molecule has 2 saturated heterocycles. The summed E-state index contributed by atoms with van der Waals surface area (Å²) in [5.41, 5.74) is 0. The van der Waals surface area contributed by atoms with Gasteiger partial charge in [-0.3, -0.25) is 4.79 Å². The monoisotopic (exact) mass is 281 g/mol. The summed E-state index contributed by atoms with van der Waals surface area (Å²) in [6.45, 7) is 4.66. The van der Waals surface area contributed by atoms with Gasteiger partial charge >= 0.3 is 0 Å². The lowest BCUT2D eigenvalue weighted by Gasteiger charge is -2.36. The van der Waals surface area contributed by atoms with Crippen molar-refractivity contribution in [3.8, 4) is 0 Å². The zero-order valence-electron chi connectivity index (χ0n) is 11.0. The smallest absolute Gasteiger partial charge is 0.227 e. The van der Waals surface area contributed by atoms with E-state index in [1.807, 2.05) is 16.5 Å². The molecular weight excluding hydrogens is 262 g/mol. The van der Waals surface area contributed by atoms with Crippen molar-refractivity contribution in [1.82, 2.24) is 9.88 Å². The van der Waals surface area contributed by atoms with E-state index in [2.05, 4.69) is 9.88 Å². The van der Waals surface area contributed by atoms with E-state index < -0.39 is 0 Å². The van der Waals surface area contributed by atoms with E-state index in [1.165, 1.54) is 0 Å². The number of ether oxygens (including phenoxy) is 1. The summed E-state index contributed by atoms with van der Waals surface area (Å²) in [7, 11) is 0. The van der Waals surface area contributed by atoms with Crippen molar-refractivity contribution in [2.75, 3.05) is 44.3 Å². The van der Waals surface area contributed by atoms with Crippen molar-refractivity contribution < 1.29 is 9.53 Å². The Morgan fingerprint density at radius 1 is 1.37 bits per heavy atom. The van der Waals surface area contributed by atoms with Gasteiger partial charge in [0.15, 0.2) is 5.13 Å². The molecule has 6 heteroatoms. The van der Waals surface area contributed by atoms with Crippen molar-refractivity contribution >= 4 is 22.4 Å². The average Bonchev–Trinajstić information content (AvgIpc) is 3.02. The maximum Gasteiger partial charge on any atom is 0.227 e. The van der Waals surface area contributed by atoms with Crippen molar-refractivity contribution in [1.29, 1.82) is 0 Å². The molecular formula is C13H19N3O2S. The van der Waals surface area contributed by atoms with E-state index in [4.69, 9.17) is 4.74 Å². The number of aromatic nitrogens is 1. The number of nitrogens with zero attached hydrogens (tertiary/aromatic N) is 3. The molecule has 1 aromatic rings. The number of amides is 1. The molecule has 5 nitrogen and oxygen atoms in total. The van der Waals surface area contributed by atoms with Gasteiger partial charge in [-0.25, -0.2) is 4.98 Å². The van der Waals surface area contributed by atoms with E-state index in [0.717, 1.165) is 44.2 Å². The predicted molar refractivity (Wildman–Crippen MR) is 74.5 cm³/mol. The van der Waals surface area contributed by atoms with E-state index in [9.17, 15) is 4.79 Å². The van der Waals surface area contributed by atoms with Crippen LogP contribution < -0.4 is 4.90 Å². The van der Waals surface area contributed by atoms with Crippen molar-refractivity contribution in [2.24, 2.45) is 5.92 Å². The lowest BCUT2D eigenvalue weighted by atomic mass is 9.96. The van der Waals surface area contributed by atoms with Crippen LogP contribution >= 0.6 is 11.3 Å². The molecule has 3 heterocycles. The number of hydrogen-bond donors (Lipinski definition) is 0. The summed E-state index contributed by atoms with van der Waals surface area (Å²) >= 11 is 1.65. The third-order valence-corrected chi connectivity index (χ3v) is 4.62. The van der Waals surface area contributed by atoms with Crippen LogP contribution in [0.5, 0.6) is 0 Å². The summed E-state index contributed by atoms with van der Waals surface area (Å²) < 4.78 is 5.30. The second-order valence-corrected chi connectivity index (χ2v) is 5.91. The van der Waals surface area contributed by atoms with E-state index in [1.54, 1.807) is 11.3 Å². The van der Waals surface area contributed by atoms with Gasteiger partial charge in [0.05, 0.1) is 19.1 Å². The molecule has 3 rings (SSSR count). The Kier molecular flexibility index (Phi) is 3.98. The van der Waals surface area contributed by atoms with Crippen molar-refractivity contribution in [3.63, 3.8) is 0 Å². The number of carbonyl (C=O) groups excluding carboxylic acids is 1. The van der Waals surface area contributed by atoms with E-state index >= 15 is 0 Å². The summed E-state index contributed by atoms with van der Waals surface area (Å²) in [4.78, 5) is 21.0. The summed E-state index contributed by atoms with van der Waals surface area (Å²) in [5, 5.41) is 3.03. The lowest BCUT2D eigenvalue weighted by Crippen LogP contribution is -2.48. The van der Waals surface area contributed by atoms with Crippen LogP contribution in [0.25, 0.3) is 0 Å². The third-order valence-electron chi connectivity index (χ3n) is 3.78. The minimum atomic E-state index is 0.121. The first-order valence-electron chi connectivity index (χ1n) is 6.85. The quantitative estimate of drug-likeness (QED) is 0.817. The second kappa shape index (κ2) is 5.88. The Morgan fingerprint density at radius 2 is 2.21 bits per heavy atom. The molecule has 1 amide bonds. The molecule has 0 spiro atoms. The van der Waals surface area contributed by atoms with Crippen molar-refractivity contribution in [3.05, 3.63) is 11.6 Å². The molecule has 0 aliphatic carbocycles. The molecule has 19 heavy (non-hydrogen) atoms. The van der Waals surface area contributed by atoms with Crippen LogP contribution in [0.4, 0.5) is 5.13 Å². The maximum absolute atomic E-state index is 12.5. The van der Waals surface area contributed by atoms with Gasteiger partial charge in [-0.2, -0.15) is 0 Å². The molecule has 1 atom stereocenters. The molecule has 0 aromatic carbocycles. The molecule has 0 radical (unpaired) electrons. The number of hydrogen-bond acceptors (Lipinski definition) is 5. The van der Waals surface area contributed by atoms with Crippen LogP contribution in [0.3, 0.4) is 0 Å². The van der Waals surface area contributed by atoms with Gasteiger partial charge in [-0.1, -0.05) is 0 Å². The van der Waals surface area contributed by atoms with Gasteiger partial charge in [-0.15, -0.1) is 11.3 Å². The molecule has 2 aliphatic heterocycles. The minimum absolute atomic E-state index is 0.121. The fraction of sp³-hybridized carbons (Fsp3) is 0.692. The molecule has 1 unspecified atom stereocenters. The van der Waals surface area contributed by atoms with Crippen LogP contribution in [-0.2, 0) is 9.53 Å². The molecule has 2 aliphatic rings. The fourth-order valence-electron chi connectivity index (χ4n) is 2.77. The highest BCUT2D eigenvalue weighted by Gasteiger charge is 2.30. The standard InChI is InChI=1S/C13H19N3O2S/c17-12(15-5-7-18-8-6-15)11-2-1-4-16(10-11)13-14-3-9-19-13/h3,9,11H,1-2,4-8,10H2. The van der Waals surface area contributed by atoms with Crippen LogP contribution in [0.1, 0.15) is 12.8 Å². The highest BCUT2D eigenvalue weighted by molar-refractivity contribution is 7.13. The molecule has 0 N–H and O–H groups in total. The van der Waals surface area contributed by atoms with Crippen LogP contribution in [0.2, 0.25) is 0 Å².